The van der Waals surface area contributed by atoms with Gasteiger partial charge in [-0.3, -0.25) is 9.36 Å². The van der Waals surface area contributed by atoms with Gasteiger partial charge < -0.3 is 5.11 Å². The van der Waals surface area contributed by atoms with Crippen molar-refractivity contribution in [2.75, 3.05) is 12.4 Å². The van der Waals surface area contributed by atoms with Crippen LogP contribution in [-0.4, -0.2) is 22.0 Å². The Morgan fingerprint density at radius 3 is 2.38 bits per heavy atom. The highest BCUT2D eigenvalue weighted by Gasteiger charge is 2.29. The molecule has 1 aromatic heterocycles. The van der Waals surface area contributed by atoms with Gasteiger partial charge in [0, 0.05) is 12.2 Å². The summed E-state index contributed by atoms with van der Waals surface area (Å²) in [5.41, 5.74) is 5.15. The molecule has 4 heteroatoms. The van der Waals surface area contributed by atoms with Gasteiger partial charge in [0.2, 0.25) is 0 Å². The van der Waals surface area contributed by atoms with Crippen LogP contribution in [0.3, 0.4) is 0 Å². The van der Waals surface area contributed by atoms with E-state index in [2.05, 4.69) is 19.1 Å². The third-order valence-corrected chi connectivity index (χ3v) is 6.28. The molecule has 0 spiro atoms. The number of aliphatic hydroxyl groups excluding tert-OH is 1. The first-order chi connectivity index (χ1) is 12.7. The molecule has 0 saturated carbocycles. The summed E-state index contributed by atoms with van der Waals surface area (Å²) >= 11 is 1.68. The first kappa shape index (κ1) is 17.1. The van der Waals surface area contributed by atoms with E-state index >= 15 is 0 Å². The maximum Gasteiger partial charge on any atom is 0.259 e. The molecule has 3 aromatic rings. The molecule has 1 atom stereocenters. The molecule has 132 valence electrons. The SMILES string of the molecule is Cc1c(Cc2ccccc2)c2n(c(=O)c1-c1ccccc1)C(CO)CS2. The summed E-state index contributed by atoms with van der Waals surface area (Å²) in [5.74, 6) is 0.741. The molecule has 1 aliphatic rings. The normalized spacial score (nSPS) is 15.8. The second-order valence-corrected chi connectivity index (χ2v) is 7.64. The highest BCUT2D eigenvalue weighted by molar-refractivity contribution is 7.99. The Morgan fingerprint density at radius 1 is 1.08 bits per heavy atom. The standard InChI is InChI=1S/C22H21NO2S/c1-15-19(12-16-8-4-2-5-9-16)22-23(18(13-24)14-26-22)21(25)20(15)17-10-6-3-7-11-17/h2-11,18,24H,12-14H2,1H3. The first-order valence-electron chi connectivity index (χ1n) is 8.81. The van der Waals surface area contributed by atoms with Gasteiger partial charge in [-0.05, 0) is 29.2 Å². The van der Waals surface area contributed by atoms with Crippen LogP contribution in [0.4, 0.5) is 0 Å². The van der Waals surface area contributed by atoms with Crippen molar-refractivity contribution in [1.29, 1.82) is 0 Å². The van der Waals surface area contributed by atoms with Crippen molar-refractivity contribution in [2.24, 2.45) is 0 Å². The molecule has 1 aliphatic heterocycles. The third kappa shape index (κ3) is 2.89. The fraction of sp³-hybridized carbons (Fsp3) is 0.227. The Morgan fingerprint density at radius 2 is 1.73 bits per heavy atom. The van der Waals surface area contributed by atoms with Crippen LogP contribution in [0.25, 0.3) is 11.1 Å². The third-order valence-electron chi connectivity index (χ3n) is 5.01. The number of aromatic nitrogens is 1. The summed E-state index contributed by atoms with van der Waals surface area (Å²) in [5, 5.41) is 10.8. The summed E-state index contributed by atoms with van der Waals surface area (Å²) in [6.07, 6.45) is 0.785. The van der Waals surface area contributed by atoms with Crippen LogP contribution in [0.15, 0.2) is 70.5 Å². The number of aliphatic hydroxyl groups is 1. The summed E-state index contributed by atoms with van der Waals surface area (Å²) in [6, 6.07) is 20.0. The van der Waals surface area contributed by atoms with Gasteiger partial charge in [0.1, 0.15) is 0 Å². The minimum absolute atomic E-state index is 0.00422. The lowest BCUT2D eigenvalue weighted by atomic mass is 9.95. The quantitative estimate of drug-likeness (QED) is 0.760. The lowest BCUT2D eigenvalue weighted by molar-refractivity contribution is 0.237. The minimum atomic E-state index is -0.153. The number of hydrogen-bond acceptors (Lipinski definition) is 3. The van der Waals surface area contributed by atoms with E-state index in [9.17, 15) is 9.90 Å². The monoisotopic (exact) mass is 363 g/mol. The molecule has 1 unspecified atom stereocenters. The Labute approximate surface area is 157 Å². The fourth-order valence-corrected chi connectivity index (χ4v) is 5.03. The van der Waals surface area contributed by atoms with Crippen LogP contribution in [0.2, 0.25) is 0 Å². The van der Waals surface area contributed by atoms with Gasteiger partial charge in [-0.25, -0.2) is 0 Å². The van der Waals surface area contributed by atoms with Gasteiger partial charge in [-0.2, -0.15) is 0 Å². The van der Waals surface area contributed by atoms with Crippen molar-refractivity contribution in [3.05, 3.63) is 87.7 Å². The largest absolute Gasteiger partial charge is 0.394 e. The number of nitrogens with zero attached hydrogens (tertiary/aromatic N) is 1. The summed E-state index contributed by atoms with van der Waals surface area (Å²) in [7, 11) is 0. The highest BCUT2D eigenvalue weighted by Crippen LogP contribution is 2.38. The molecule has 4 rings (SSSR count). The molecule has 2 aromatic carbocycles. The lowest BCUT2D eigenvalue weighted by Gasteiger charge is -2.19. The predicted molar refractivity (Wildman–Crippen MR) is 107 cm³/mol. The van der Waals surface area contributed by atoms with E-state index < -0.39 is 0 Å². The van der Waals surface area contributed by atoms with E-state index in [-0.39, 0.29) is 18.2 Å². The van der Waals surface area contributed by atoms with Gasteiger partial charge in [0.25, 0.3) is 5.56 Å². The number of pyridine rings is 1. The average molecular weight is 363 g/mol. The number of benzene rings is 2. The zero-order valence-corrected chi connectivity index (χ0v) is 15.5. The molecule has 26 heavy (non-hydrogen) atoms. The van der Waals surface area contributed by atoms with Crippen molar-refractivity contribution < 1.29 is 5.11 Å². The Balaban J connectivity index is 1.96. The van der Waals surface area contributed by atoms with Crippen molar-refractivity contribution in [2.45, 2.75) is 24.4 Å². The van der Waals surface area contributed by atoms with E-state index in [1.54, 1.807) is 11.8 Å². The molecule has 0 radical (unpaired) electrons. The zero-order chi connectivity index (χ0) is 18.1. The van der Waals surface area contributed by atoms with E-state index in [4.69, 9.17) is 0 Å². The highest BCUT2D eigenvalue weighted by atomic mass is 32.2. The molecule has 0 bridgehead atoms. The van der Waals surface area contributed by atoms with Crippen LogP contribution in [0.1, 0.15) is 22.7 Å². The topological polar surface area (TPSA) is 42.2 Å². The number of thioether (sulfide) groups is 1. The maximum absolute atomic E-state index is 13.3. The average Bonchev–Trinajstić information content (AvgIpc) is 3.11. The molecule has 3 nitrogen and oxygen atoms in total. The first-order valence-corrected chi connectivity index (χ1v) is 9.80. The molecule has 2 heterocycles. The summed E-state index contributed by atoms with van der Waals surface area (Å²) in [4.78, 5) is 13.3. The minimum Gasteiger partial charge on any atom is -0.394 e. The van der Waals surface area contributed by atoms with Crippen LogP contribution < -0.4 is 5.56 Å². The lowest BCUT2D eigenvalue weighted by Crippen LogP contribution is -2.29. The Bertz CT molecular complexity index is 981. The molecule has 0 amide bonds. The second kappa shape index (κ2) is 7.14. The van der Waals surface area contributed by atoms with Gasteiger partial charge in [0.15, 0.2) is 0 Å². The summed E-state index contributed by atoms with van der Waals surface area (Å²) in [6.45, 7) is 2.04. The molecule has 0 fully saturated rings. The zero-order valence-electron chi connectivity index (χ0n) is 14.7. The predicted octanol–water partition coefficient (Wildman–Crippen LogP) is 4.05. The van der Waals surface area contributed by atoms with Gasteiger partial charge in [-0.15, -0.1) is 11.8 Å². The fourth-order valence-electron chi connectivity index (χ4n) is 3.66. The number of hydrogen-bond donors (Lipinski definition) is 1. The molecular formula is C22H21NO2S. The van der Waals surface area contributed by atoms with Crippen molar-refractivity contribution >= 4 is 11.8 Å². The Kier molecular flexibility index (Phi) is 4.70. The second-order valence-electron chi connectivity index (χ2n) is 6.63. The molecule has 1 N–H and O–H groups in total. The Hall–Kier alpha value is -2.30. The molecule has 0 aliphatic carbocycles. The van der Waals surface area contributed by atoms with Crippen molar-refractivity contribution in [3.8, 4) is 11.1 Å². The van der Waals surface area contributed by atoms with Crippen LogP contribution in [0.5, 0.6) is 0 Å². The van der Waals surface area contributed by atoms with E-state index in [0.29, 0.717) is 0 Å². The van der Waals surface area contributed by atoms with Crippen molar-refractivity contribution in [3.63, 3.8) is 0 Å². The van der Waals surface area contributed by atoms with Crippen LogP contribution in [0, 0.1) is 6.92 Å². The van der Waals surface area contributed by atoms with Gasteiger partial charge in [0.05, 0.1) is 23.2 Å². The smallest absolute Gasteiger partial charge is 0.259 e. The summed E-state index contributed by atoms with van der Waals surface area (Å²) < 4.78 is 1.82. The van der Waals surface area contributed by atoms with Gasteiger partial charge >= 0.3 is 0 Å². The van der Waals surface area contributed by atoms with Gasteiger partial charge in [-0.1, -0.05) is 60.7 Å². The number of fused-ring (bicyclic) bond motifs is 1. The molecule has 0 saturated heterocycles. The molecular weight excluding hydrogens is 342 g/mol. The van der Waals surface area contributed by atoms with Crippen LogP contribution >= 0.6 is 11.8 Å². The van der Waals surface area contributed by atoms with E-state index in [0.717, 1.165) is 33.9 Å². The van der Waals surface area contributed by atoms with Crippen molar-refractivity contribution in [1.82, 2.24) is 4.57 Å². The van der Waals surface area contributed by atoms with E-state index in [1.165, 1.54) is 11.1 Å². The van der Waals surface area contributed by atoms with Crippen LogP contribution in [-0.2, 0) is 6.42 Å². The number of rotatable bonds is 4. The maximum atomic E-state index is 13.3. The van der Waals surface area contributed by atoms with E-state index in [1.807, 2.05) is 53.1 Å².